The summed E-state index contributed by atoms with van der Waals surface area (Å²) in [6.07, 6.45) is -2.29. The molecule has 1 aromatic rings. The fourth-order valence-electron chi connectivity index (χ4n) is 2.21. The first-order chi connectivity index (χ1) is 11.9. The van der Waals surface area contributed by atoms with Crippen LogP contribution in [0, 0.1) is 0 Å². The van der Waals surface area contributed by atoms with Crippen LogP contribution in [0.25, 0.3) is 0 Å². The quantitative estimate of drug-likeness (QED) is 0.372. The summed E-state index contributed by atoms with van der Waals surface area (Å²) < 4.78 is 37.6. The molecule has 0 fully saturated rings. The first kappa shape index (κ1) is 21.7. The van der Waals surface area contributed by atoms with E-state index in [1.807, 2.05) is 6.92 Å². The van der Waals surface area contributed by atoms with Crippen LogP contribution in [0.2, 0.25) is 0 Å². The number of hydrogen-bond donors (Lipinski definition) is 2. The Labute approximate surface area is 151 Å². The Morgan fingerprint density at radius 3 is 2.48 bits per heavy atom. The van der Waals surface area contributed by atoms with Crippen LogP contribution in [0.15, 0.2) is 10.4 Å². The van der Waals surface area contributed by atoms with E-state index in [4.69, 9.17) is 0 Å². The highest BCUT2D eigenvalue weighted by Gasteiger charge is 2.33. The normalized spacial score (nSPS) is 12.7. The number of halogens is 3. The van der Waals surface area contributed by atoms with E-state index in [2.05, 4.69) is 39.4 Å². The monoisotopic (exact) mass is 379 g/mol. The number of thiazole rings is 1. The van der Waals surface area contributed by atoms with Crippen LogP contribution in [0.4, 0.5) is 13.2 Å². The summed E-state index contributed by atoms with van der Waals surface area (Å²) in [5.41, 5.74) is -0.850. The van der Waals surface area contributed by atoms with Crippen LogP contribution in [0.5, 0.6) is 0 Å². The predicted octanol–water partition coefficient (Wildman–Crippen LogP) is 3.34. The summed E-state index contributed by atoms with van der Waals surface area (Å²) in [6, 6.07) is 0. The summed E-state index contributed by atoms with van der Waals surface area (Å²) in [7, 11) is 0. The lowest BCUT2D eigenvalue weighted by molar-refractivity contribution is -0.140. The molecule has 5 nitrogen and oxygen atoms in total. The molecule has 144 valence electrons. The van der Waals surface area contributed by atoms with Crippen molar-refractivity contribution in [1.82, 2.24) is 20.5 Å². The second-order valence-electron chi connectivity index (χ2n) is 5.48. The number of nitrogens with zero attached hydrogens (tertiary/aromatic N) is 3. The van der Waals surface area contributed by atoms with Crippen molar-refractivity contribution < 1.29 is 13.2 Å². The Morgan fingerprint density at radius 1 is 1.20 bits per heavy atom. The molecule has 0 aliphatic rings. The van der Waals surface area contributed by atoms with Crippen LogP contribution in [0.3, 0.4) is 0 Å². The predicted molar refractivity (Wildman–Crippen MR) is 97.0 cm³/mol. The first-order valence-corrected chi connectivity index (χ1v) is 9.54. The lowest BCUT2D eigenvalue weighted by Crippen LogP contribution is -2.38. The fourth-order valence-corrected chi connectivity index (χ4v) is 2.93. The second-order valence-corrected chi connectivity index (χ2v) is 6.42. The molecule has 0 aromatic carbocycles. The number of hydrogen-bond acceptors (Lipinski definition) is 4. The first-order valence-electron chi connectivity index (χ1n) is 8.66. The number of aromatic nitrogens is 1. The Balaban J connectivity index is 2.42. The van der Waals surface area contributed by atoms with Gasteiger partial charge in [-0.2, -0.15) is 13.2 Å². The number of guanidine groups is 1. The number of nitrogens with one attached hydrogen (secondary N) is 2. The lowest BCUT2D eigenvalue weighted by atomic mass is 10.3. The van der Waals surface area contributed by atoms with Crippen LogP contribution in [0.1, 0.15) is 44.3 Å². The molecular formula is C16H28F3N5S. The van der Waals surface area contributed by atoms with Crippen LogP contribution in [-0.4, -0.2) is 48.6 Å². The average molecular weight is 379 g/mol. The van der Waals surface area contributed by atoms with Gasteiger partial charge < -0.3 is 15.5 Å². The SMILES string of the molecule is CCNC(=NCc1nc(C(F)(F)F)cs1)NCCCCN(CC)CC. The molecule has 9 heteroatoms. The fraction of sp³-hybridized carbons (Fsp3) is 0.750. The maximum atomic E-state index is 12.5. The summed E-state index contributed by atoms with van der Waals surface area (Å²) in [5.74, 6) is 0.606. The molecule has 0 atom stereocenters. The standard InChI is InChI=1S/C16H28F3N5S/c1-4-20-15(21-9-7-8-10-24(5-2)6-3)22-11-14-23-13(12-25-14)16(17,18)19/h12H,4-11H2,1-3H3,(H2,20,21,22). The second kappa shape index (κ2) is 11.3. The maximum Gasteiger partial charge on any atom is 0.434 e. The zero-order valence-corrected chi connectivity index (χ0v) is 15.9. The van der Waals surface area contributed by atoms with E-state index >= 15 is 0 Å². The van der Waals surface area contributed by atoms with Gasteiger partial charge in [0.2, 0.25) is 0 Å². The minimum absolute atomic E-state index is 0.134. The van der Waals surface area contributed by atoms with Gasteiger partial charge in [-0.25, -0.2) is 9.98 Å². The molecule has 1 heterocycles. The van der Waals surface area contributed by atoms with Crippen molar-refractivity contribution in [3.63, 3.8) is 0 Å². The molecule has 0 aliphatic heterocycles. The van der Waals surface area contributed by atoms with Crippen molar-refractivity contribution in [2.75, 3.05) is 32.7 Å². The molecule has 0 radical (unpaired) electrons. The van der Waals surface area contributed by atoms with Crippen molar-refractivity contribution >= 4 is 17.3 Å². The van der Waals surface area contributed by atoms with Gasteiger partial charge in [0, 0.05) is 18.5 Å². The maximum absolute atomic E-state index is 12.5. The van der Waals surface area contributed by atoms with Gasteiger partial charge in [-0.3, -0.25) is 0 Å². The summed E-state index contributed by atoms with van der Waals surface area (Å²) in [4.78, 5) is 10.3. The van der Waals surface area contributed by atoms with Crippen molar-refractivity contribution in [1.29, 1.82) is 0 Å². The minimum atomic E-state index is -4.40. The molecule has 0 amide bonds. The highest BCUT2D eigenvalue weighted by atomic mass is 32.1. The van der Waals surface area contributed by atoms with Gasteiger partial charge in [0.1, 0.15) is 5.01 Å². The Hall–Kier alpha value is -1.35. The third-order valence-corrected chi connectivity index (χ3v) is 4.48. The summed E-state index contributed by atoms with van der Waals surface area (Å²) in [6.45, 7) is 11.0. The van der Waals surface area contributed by atoms with Crippen molar-refractivity contribution in [3.8, 4) is 0 Å². The molecule has 0 saturated heterocycles. The van der Waals surface area contributed by atoms with Gasteiger partial charge in [0.05, 0.1) is 6.54 Å². The molecule has 1 aromatic heterocycles. The Kier molecular flexibility index (Phi) is 9.81. The average Bonchev–Trinajstić information content (AvgIpc) is 3.05. The van der Waals surface area contributed by atoms with Gasteiger partial charge >= 0.3 is 6.18 Å². The zero-order valence-electron chi connectivity index (χ0n) is 15.1. The highest BCUT2D eigenvalue weighted by Crippen LogP contribution is 2.30. The molecule has 0 aliphatic carbocycles. The van der Waals surface area contributed by atoms with E-state index in [-0.39, 0.29) is 6.54 Å². The molecule has 1 rings (SSSR count). The molecular weight excluding hydrogens is 351 g/mol. The molecule has 0 unspecified atom stereocenters. The van der Waals surface area contributed by atoms with Crippen LogP contribution < -0.4 is 10.6 Å². The topological polar surface area (TPSA) is 52.6 Å². The van der Waals surface area contributed by atoms with Gasteiger partial charge in [0.25, 0.3) is 0 Å². The molecule has 0 bridgehead atoms. The Bertz CT molecular complexity index is 512. The highest BCUT2D eigenvalue weighted by molar-refractivity contribution is 7.09. The number of unbranched alkanes of at least 4 members (excludes halogenated alkanes) is 1. The van der Waals surface area contributed by atoms with Crippen molar-refractivity contribution in [2.45, 2.75) is 46.3 Å². The van der Waals surface area contributed by atoms with Gasteiger partial charge in [-0.15, -0.1) is 11.3 Å². The van der Waals surface area contributed by atoms with Gasteiger partial charge in [-0.05, 0) is 39.4 Å². The minimum Gasteiger partial charge on any atom is -0.357 e. The van der Waals surface area contributed by atoms with Crippen molar-refractivity contribution in [3.05, 3.63) is 16.1 Å². The lowest BCUT2D eigenvalue weighted by Gasteiger charge is -2.17. The molecule has 0 spiro atoms. The number of alkyl halides is 3. The van der Waals surface area contributed by atoms with E-state index < -0.39 is 11.9 Å². The van der Waals surface area contributed by atoms with Gasteiger partial charge in [-0.1, -0.05) is 13.8 Å². The third-order valence-electron chi connectivity index (χ3n) is 3.65. The molecule has 0 saturated carbocycles. The molecule has 2 N–H and O–H groups in total. The largest absolute Gasteiger partial charge is 0.434 e. The third kappa shape index (κ3) is 8.53. The van der Waals surface area contributed by atoms with E-state index in [0.29, 0.717) is 17.5 Å². The van der Waals surface area contributed by atoms with E-state index in [9.17, 15) is 13.2 Å². The number of aliphatic imine (C=N–C) groups is 1. The Morgan fingerprint density at radius 2 is 1.92 bits per heavy atom. The summed E-state index contributed by atoms with van der Waals surface area (Å²) >= 11 is 0.977. The van der Waals surface area contributed by atoms with Crippen LogP contribution >= 0.6 is 11.3 Å². The van der Waals surface area contributed by atoms with Gasteiger partial charge in [0.15, 0.2) is 11.7 Å². The van der Waals surface area contributed by atoms with E-state index in [1.165, 1.54) is 0 Å². The van der Waals surface area contributed by atoms with E-state index in [0.717, 1.165) is 55.7 Å². The smallest absolute Gasteiger partial charge is 0.357 e. The van der Waals surface area contributed by atoms with Crippen molar-refractivity contribution in [2.24, 2.45) is 4.99 Å². The summed E-state index contributed by atoms with van der Waals surface area (Å²) in [5, 5.41) is 7.69. The number of rotatable bonds is 10. The zero-order chi connectivity index (χ0) is 18.7. The van der Waals surface area contributed by atoms with Crippen LogP contribution in [-0.2, 0) is 12.7 Å². The van der Waals surface area contributed by atoms with E-state index in [1.54, 1.807) is 0 Å². The molecule has 25 heavy (non-hydrogen) atoms.